The van der Waals surface area contributed by atoms with Crippen LogP contribution in [0.25, 0.3) is 97.8 Å². The average Bonchev–Trinajstić information content (AvgIpc) is 3.84. The van der Waals surface area contributed by atoms with Gasteiger partial charge in [0.1, 0.15) is 0 Å². The Morgan fingerprint density at radius 1 is 0.441 bits per heavy atom. The van der Waals surface area contributed by atoms with E-state index in [0.717, 1.165) is 59.3 Å². The number of alkyl halides is 15. The van der Waals surface area contributed by atoms with Crippen LogP contribution in [0.2, 0.25) is 0 Å². The third kappa shape index (κ3) is 3.04. The summed E-state index contributed by atoms with van der Waals surface area (Å²) in [6, 6.07) is 6.66. The predicted octanol–water partition coefficient (Wildman–Crippen LogP) is 15.4. The lowest BCUT2D eigenvalue weighted by atomic mass is 9.65. The second kappa shape index (κ2) is 9.51. The zero-order valence-corrected chi connectivity index (χ0v) is 33.6. The van der Waals surface area contributed by atoms with Crippen LogP contribution < -0.4 is 5.22 Å². The smallest absolute Gasteiger partial charge is 0.199 e. The lowest BCUT2D eigenvalue weighted by molar-refractivity contribution is -0.401. The first-order valence-corrected chi connectivity index (χ1v) is 22.2. The average molecular weight is 941 g/mol. The molecule has 8 aliphatic carbocycles. The topological polar surface area (TPSA) is 0 Å². The molecule has 0 saturated heterocycles. The lowest BCUT2D eigenvalue weighted by Crippen LogP contribution is -2.65. The summed E-state index contributed by atoms with van der Waals surface area (Å²) in [6.45, 7) is 0. The van der Waals surface area contributed by atoms with Crippen molar-refractivity contribution in [2.24, 2.45) is 17.8 Å². The first kappa shape index (κ1) is 37.0. The predicted molar refractivity (Wildman–Crippen MR) is 222 cm³/mol. The summed E-state index contributed by atoms with van der Waals surface area (Å²) in [7, 11) is 0. The second-order valence-corrected chi connectivity index (χ2v) is 20.9. The maximum Gasteiger partial charge on any atom is 0.460 e. The number of allylic oxidation sites excluding steroid dienone is 3. The van der Waals surface area contributed by atoms with Gasteiger partial charge in [0, 0.05) is 29.6 Å². The van der Waals surface area contributed by atoms with Crippen LogP contribution in [0.15, 0.2) is 60.7 Å². The summed E-state index contributed by atoms with van der Waals surface area (Å²) in [5.41, 5.74) is -6.38. The van der Waals surface area contributed by atoms with Crippen molar-refractivity contribution >= 4 is 97.8 Å². The van der Waals surface area contributed by atoms with Crippen molar-refractivity contribution in [2.45, 2.75) is 71.3 Å². The second-order valence-electron chi connectivity index (χ2n) is 20.9. The van der Waals surface area contributed by atoms with Gasteiger partial charge >= 0.3 is 36.3 Å². The Kier molecular flexibility index (Phi) is 5.17. The van der Waals surface area contributed by atoms with Gasteiger partial charge in [-0.15, -0.1) is 0 Å². The van der Waals surface area contributed by atoms with Crippen LogP contribution in [0.4, 0.5) is 65.9 Å². The van der Waals surface area contributed by atoms with Crippen LogP contribution >= 0.6 is 0 Å². The van der Waals surface area contributed by atoms with E-state index in [9.17, 15) is 39.5 Å². The normalized spacial score (nSPS) is 29.6. The molecule has 2 fully saturated rings. The van der Waals surface area contributed by atoms with Crippen molar-refractivity contribution in [1.29, 1.82) is 0 Å². The summed E-state index contributed by atoms with van der Waals surface area (Å²) in [5, 5.41) is 12.2. The van der Waals surface area contributed by atoms with E-state index in [4.69, 9.17) is 0 Å². The number of hydrogen-bond donors (Lipinski definition) is 0. The first-order chi connectivity index (χ1) is 32.0. The highest BCUT2D eigenvalue weighted by atomic mass is 19.4. The van der Waals surface area contributed by atoms with Crippen molar-refractivity contribution in [3.63, 3.8) is 0 Å². The number of halogens is 15. The van der Waals surface area contributed by atoms with Crippen LogP contribution in [0.1, 0.15) is 79.7 Å². The molecule has 0 bridgehead atoms. The van der Waals surface area contributed by atoms with E-state index >= 15 is 26.3 Å². The molecule has 8 aliphatic rings. The van der Waals surface area contributed by atoms with Crippen LogP contribution in [0, 0.1) is 17.8 Å². The van der Waals surface area contributed by atoms with Gasteiger partial charge in [-0.05, 0) is 172 Å². The van der Waals surface area contributed by atoms with Crippen molar-refractivity contribution < 1.29 is 65.9 Å². The van der Waals surface area contributed by atoms with Crippen molar-refractivity contribution in [2.75, 3.05) is 0 Å². The largest absolute Gasteiger partial charge is 0.460 e. The molecule has 10 aromatic carbocycles. The minimum absolute atomic E-state index is 0.0273. The Bertz CT molecular complexity index is 4280. The maximum atomic E-state index is 18.1. The Morgan fingerprint density at radius 3 is 1.71 bits per heavy atom. The van der Waals surface area contributed by atoms with Gasteiger partial charge in [0.25, 0.3) is 0 Å². The van der Waals surface area contributed by atoms with Crippen LogP contribution in [0.5, 0.6) is 0 Å². The molecule has 68 heavy (non-hydrogen) atoms. The number of rotatable bonds is 4. The SMILES string of the molecule is FC(F)(F)c1cc(C(F)(F)F)cc(C2(C(F)(F)C(F)(F)C(F)(F)C(F)(F)F)C3c4c5c6c7c4c4c(c8ccc9c%10ccc%11c%12c%13c%14c(c7c7c%14c(c%12%10)c9c8c47)=C4C6C(C=C5)C5C=CC%11C%13C45)C32)c1. The van der Waals surface area contributed by atoms with E-state index < -0.39 is 82.2 Å². The summed E-state index contributed by atoms with van der Waals surface area (Å²) in [6.07, 6.45) is -10.8. The Balaban J connectivity index is 1.10. The van der Waals surface area contributed by atoms with E-state index in [1.807, 2.05) is 6.08 Å². The minimum atomic E-state index is -7.52. The van der Waals surface area contributed by atoms with Crippen LogP contribution in [-0.4, -0.2) is 23.9 Å². The molecule has 0 amide bonds. The molecule has 0 N–H and O–H groups in total. The van der Waals surface area contributed by atoms with Gasteiger partial charge in [0.15, 0.2) is 0 Å². The highest BCUT2D eigenvalue weighted by Crippen LogP contribution is 2.85. The highest BCUT2D eigenvalue weighted by molar-refractivity contribution is 6.57. The number of fused-ring (bicyclic) bond motifs is 8. The van der Waals surface area contributed by atoms with Gasteiger partial charge in [-0.1, -0.05) is 48.6 Å². The molecule has 9 unspecified atom stereocenters. The fourth-order valence-electron chi connectivity index (χ4n) is 17.3. The molecule has 15 heteroatoms. The lowest BCUT2D eigenvalue weighted by Gasteiger charge is -2.39. The standard InChI is InChI=1S/C53H19F15/c54-48(55,56)13-9-12(10-14(11-13)49(57,58)59)47(50(60,61)51(62,63)52(64,65)53(66,67)68)45-31-21-7-5-19-17-3-1-15-16-2-4-18-20-6-8-22-30-28(20)35-26(18)24(16)33-23(15)25(17)34-27(19)29(21)36-38(31)39(32(22)46(45)47)37(30)44-42(35)40(33)41(34)43(36)44/h1-11,15,17,19,23,25,27,45-46H. The van der Waals surface area contributed by atoms with E-state index in [1.165, 1.54) is 11.1 Å². The van der Waals surface area contributed by atoms with E-state index in [0.29, 0.717) is 27.1 Å². The highest BCUT2D eigenvalue weighted by Gasteiger charge is 2.93. The monoisotopic (exact) mass is 940 g/mol. The first-order valence-electron chi connectivity index (χ1n) is 22.2. The molecule has 0 aliphatic heterocycles. The zero-order chi connectivity index (χ0) is 46.5. The summed E-state index contributed by atoms with van der Waals surface area (Å²) in [4.78, 5) is 0. The molecule has 336 valence electrons. The molecule has 2 saturated carbocycles. The van der Waals surface area contributed by atoms with Gasteiger partial charge in [-0.3, -0.25) is 0 Å². The molecule has 18 rings (SSSR count). The number of hydrogen-bond acceptors (Lipinski definition) is 0. The quantitative estimate of drug-likeness (QED) is 0.0937. The molecule has 0 spiro atoms. The summed E-state index contributed by atoms with van der Waals surface area (Å²) in [5.74, 6) is -26.9. The van der Waals surface area contributed by atoms with Gasteiger partial charge in [0.05, 0.1) is 16.5 Å². The minimum Gasteiger partial charge on any atom is -0.199 e. The number of benzene rings is 6. The van der Waals surface area contributed by atoms with Crippen LogP contribution in [0.3, 0.4) is 0 Å². The Morgan fingerprint density at radius 2 is 1.01 bits per heavy atom. The van der Waals surface area contributed by atoms with Crippen molar-refractivity contribution in [1.82, 2.24) is 0 Å². The van der Waals surface area contributed by atoms with Gasteiger partial charge in [-0.25, -0.2) is 0 Å². The third-order valence-electron chi connectivity index (χ3n) is 19.0. The van der Waals surface area contributed by atoms with Gasteiger partial charge < -0.3 is 0 Å². The summed E-state index contributed by atoms with van der Waals surface area (Å²) >= 11 is 0. The molecule has 10 aromatic rings. The van der Waals surface area contributed by atoms with E-state index in [1.54, 1.807) is 18.2 Å². The summed E-state index contributed by atoms with van der Waals surface area (Å²) < 4.78 is 232. The van der Waals surface area contributed by atoms with Crippen molar-refractivity contribution in [3.05, 3.63) is 116 Å². The van der Waals surface area contributed by atoms with Gasteiger partial charge in [-0.2, -0.15) is 65.9 Å². The molecule has 0 heterocycles. The molecule has 0 radical (unpaired) electrons. The van der Waals surface area contributed by atoms with Crippen molar-refractivity contribution in [3.8, 4) is 0 Å². The molecular weight excluding hydrogens is 922 g/mol. The van der Waals surface area contributed by atoms with E-state index in [2.05, 4.69) is 24.3 Å². The third-order valence-corrected chi connectivity index (χ3v) is 19.0. The molecule has 9 atom stereocenters. The molecule has 0 aromatic heterocycles. The maximum absolute atomic E-state index is 18.1. The van der Waals surface area contributed by atoms with Crippen LogP contribution in [-0.2, 0) is 17.8 Å². The molecular formula is C53H19F15. The molecule has 0 nitrogen and oxygen atoms in total. The fourth-order valence-corrected chi connectivity index (χ4v) is 17.3. The van der Waals surface area contributed by atoms with E-state index in [-0.39, 0.29) is 74.6 Å². The zero-order valence-electron chi connectivity index (χ0n) is 33.6. The van der Waals surface area contributed by atoms with Gasteiger partial charge in [0.2, 0.25) is 0 Å². The fraction of sp³-hybridized carbons (Fsp3) is 0.283. The Hall–Kier alpha value is -5.99. The Labute approximate surface area is 367 Å².